The Hall–Kier alpha value is -1.10. The fourth-order valence-electron chi connectivity index (χ4n) is 1.64. The van der Waals surface area contributed by atoms with Crippen molar-refractivity contribution in [1.29, 1.82) is 0 Å². The number of hydrogen-bond acceptors (Lipinski definition) is 3. The van der Waals surface area contributed by atoms with E-state index in [0.717, 1.165) is 6.42 Å². The minimum absolute atomic E-state index is 0.0271. The molecule has 1 fully saturated rings. The number of carbonyl (C=O) groups is 2. The van der Waals surface area contributed by atoms with Crippen LogP contribution in [0, 0.1) is 5.92 Å². The van der Waals surface area contributed by atoms with Gasteiger partial charge in [0.15, 0.2) is 0 Å². The largest absolute Gasteiger partial charge is 0.328 e. The highest BCUT2D eigenvalue weighted by molar-refractivity contribution is 5.91. The Labute approximate surface area is 83.0 Å². The van der Waals surface area contributed by atoms with Gasteiger partial charge in [0.05, 0.1) is 0 Å². The van der Waals surface area contributed by atoms with E-state index in [1.807, 2.05) is 6.92 Å². The lowest BCUT2D eigenvalue weighted by Crippen LogP contribution is -2.55. The lowest BCUT2D eigenvalue weighted by molar-refractivity contribution is -0.148. The lowest BCUT2D eigenvalue weighted by Gasteiger charge is -2.33. The van der Waals surface area contributed by atoms with E-state index in [0.29, 0.717) is 6.54 Å². The predicted octanol–water partition coefficient (Wildman–Crippen LogP) is 0.139. The quantitative estimate of drug-likeness (QED) is 0.492. The van der Waals surface area contributed by atoms with Crippen molar-refractivity contribution in [2.24, 2.45) is 5.92 Å². The first-order valence-corrected chi connectivity index (χ1v) is 4.67. The van der Waals surface area contributed by atoms with Crippen LogP contribution in [0.25, 0.3) is 0 Å². The Morgan fingerprint density at radius 3 is 2.57 bits per heavy atom. The van der Waals surface area contributed by atoms with Crippen molar-refractivity contribution in [3.63, 3.8) is 0 Å². The summed E-state index contributed by atoms with van der Waals surface area (Å²) in [4.78, 5) is 24.5. The zero-order valence-corrected chi connectivity index (χ0v) is 8.70. The molecule has 1 aliphatic heterocycles. The van der Waals surface area contributed by atoms with Crippen LogP contribution >= 0.6 is 0 Å². The average Bonchev–Trinajstić information content (AvgIpc) is 2.46. The Morgan fingerprint density at radius 2 is 2.21 bits per heavy atom. The smallest absolute Gasteiger partial charge is 0.268 e. The number of nitrogens with zero attached hydrogens (tertiary/aromatic N) is 1. The molecule has 0 bridgehead atoms. The van der Waals surface area contributed by atoms with Crippen molar-refractivity contribution in [2.75, 3.05) is 6.54 Å². The number of rotatable bonds is 2. The molecule has 0 aliphatic carbocycles. The van der Waals surface area contributed by atoms with Crippen molar-refractivity contribution in [1.82, 2.24) is 10.4 Å². The van der Waals surface area contributed by atoms with E-state index in [9.17, 15) is 9.59 Å². The van der Waals surface area contributed by atoms with Gasteiger partial charge in [-0.15, -0.1) is 0 Å². The first-order valence-electron chi connectivity index (χ1n) is 4.67. The number of likely N-dealkylation sites (tertiary alicyclic amines) is 1. The highest BCUT2D eigenvalue weighted by Crippen LogP contribution is 2.25. The standard InChI is InChI=1S/C9H16N2O3/c1-6-4-5-11(7(6)12)9(2,3)8(13)10-14/h6,14H,4-5H2,1-3H3,(H,10,13). The molecule has 80 valence electrons. The van der Waals surface area contributed by atoms with Gasteiger partial charge < -0.3 is 4.90 Å². The van der Waals surface area contributed by atoms with Gasteiger partial charge in [-0.25, -0.2) is 5.48 Å². The molecule has 1 unspecified atom stereocenters. The van der Waals surface area contributed by atoms with Crippen LogP contribution in [-0.2, 0) is 9.59 Å². The molecule has 14 heavy (non-hydrogen) atoms. The summed E-state index contributed by atoms with van der Waals surface area (Å²) in [5.41, 5.74) is 0.609. The van der Waals surface area contributed by atoms with Crippen LogP contribution in [-0.4, -0.2) is 34.0 Å². The molecule has 0 radical (unpaired) electrons. The number of hydroxylamine groups is 1. The van der Waals surface area contributed by atoms with Gasteiger partial charge in [0.1, 0.15) is 5.54 Å². The topological polar surface area (TPSA) is 69.6 Å². The molecule has 1 aliphatic rings. The first-order chi connectivity index (χ1) is 6.41. The van der Waals surface area contributed by atoms with Crippen LogP contribution in [0.4, 0.5) is 0 Å². The second-order valence-electron chi connectivity index (χ2n) is 4.18. The van der Waals surface area contributed by atoms with Crippen LogP contribution in [0.5, 0.6) is 0 Å². The van der Waals surface area contributed by atoms with Crippen LogP contribution in [0.15, 0.2) is 0 Å². The van der Waals surface area contributed by atoms with Crippen LogP contribution < -0.4 is 5.48 Å². The summed E-state index contributed by atoms with van der Waals surface area (Å²) < 4.78 is 0. The summed E-state index contributed by atoms with van der Waals surface area (Å²) in [5, 5.41) is 8.55. The molecule has 0 spiro atoms. The summed E-state index contributed by atoms with van der Waals surface area (Å²) in [5.74, 6) is -0.612. The Balaban J connectivity index is 2.83. The van der Waals surface area contributed by atoms with Gasteiger partial charge in [-0.1, -0.05) is 6.92 Å². The minimum atomic E-state index is -0.976. The zero-order chi connectivity index (χ0) is 10.9. The summed E-state index contributed by atoms with van der Waals surface area (Å²) in [6, 6.07) is 0. The summed E-state index contributed by atoms with van der Waals surface area (Å²) in [7, 11) is 0. The van der Waals surface area contributed by atoms with Crippen LogP contribution in [0.3, 0.4) is 0 Å². The van der Waals surface area contributed by atoms with E-state index in [1.54, 1.807) is 19.3 Å². The van der Waals surface area contributed by atoms with Gasteiger partial charge in [0, 0.05) is 12.5 Å². The molecule has 0 aromatic heterocycles. The maximum Gasteiger partial charge on any atom is 0.268 e. The summed E-state index contributed by atoms with van der Waals surface area (Å²) in [6.45, 7) is 5.65. The molecular weight excluding hydrogens is 184 g/mol. The van der Waals surface area contributed by atoms with Crippen molar-refractivity contribution in [2.45, 2.75) is 32.7 Å². The van der Waals surface area contributed by atoms with Gasteiger partial charge in [0.2, 0.25) is 5.91 Å². The Morgan fingerprint density at radius 1 is 1.64 bits per heavy atom. The highest BCUT2D eigenvalue weighted by atomic mass is 16.5. The number of hydrogen-bond donors (Lipinski definition) is 2. The monoisotopic (exact) mass is 200 g/mol. The first kappa shape index (κ1) is 11.0. The summed E-state index contributed by atoms with van der Waals surface area (Å²) in [6.07, 6.45) is 0.765. The molecular formula is C9H16N2O3. The summed E-state index contributed by atoms with van der Waals surface area (Å²) >= 11 is 0. The van der Waals surface area contributed by atoms with Gasteiger partial charge in [-0.05, 0) is 20.3 Å². The minimum Gasteiger partial charge on any atom is -0.328 e. The third kappa shape index (κ3) is 1.59. The van der Waals surface area contributed by atoms with Gasteiger partial charge >= 0.3 is 0 Å². The molecule has 0 saturated carbocycles. The van der Waals surface area contributed by atoms with Crippen molar-refractivity contribution in [3.8, 4) is 0 Å². The molecule has 2 N–H and O–H groups in total. The van der Waals surface area contributed by atoms with Gasteiger partial charge in [-0.2, -0.15) is 0 Å². The SMILES string of the molecule is CC1CCN(C(C)(C)C(=O)NO)C1=O. The third-order valence-electron chi connectivity index (χ3n) is 2.81. The molecule has 1 heterocycles. The second kappa shape index (κ2) is 3.57. The van der Waals surface area contributed by atoms with E-state index < -0.39 is 11.4 Å². The Kier molecular flexibility index (Phi) is 2.80. The van der Waals surface area contributed by atoms with Gasteiger partial charge in [-0.3, -0.25) is 14.8 Å². The zero-order valence-electron chi connectivity index (χ0n) is 8.70. The van der Waals surface area contributed by atoms with E-state index in [1.165, 1.54) is 4.90 Å². The van der Waals surface area contributed by atoms with Crippen LogP contribution in [0.2, 0.25) is 0 Å². The lowest BCUT2D eigenvalue weighted by atomic mass is 10.0. The number of carbonyl (C=O) groups excluding carboxylic acids is 2. The van der Waals surface area contributed by atoms with E-state index >= 15 is 0 Å². The van der Waals surface area contributed by atoms with Crippen LogP contribution in [0.1, 0.15) is 27.2 Å². The van der Waals surface area contributed by atoms with E-state index in [2.05, 4.69) is 0 Å². The fourth-order valence-corrected chi connectivity index (χ4v) is 1.64. The molecule has 5 nitrogen and oxygen atoms in total. The highest BCUT2D eigenvalue weighted by Gasteiger charge is 2.42. The second-order valence-corrected chi connectivity index (χ2v) is 4.18. The normalized spacial score (nSPS) is 22.7. The molecule has 1 saturated heterocycles. The average molecular weight is 200 g/mol. The molecule has 1 atom stereocenters. The number of amides is 2. The molecule has 0 aromatic carbocycles. The van der Waals surface area contributed by atoms with Gasteiger partial charge in [0.25, 0.3) is 5.91 Å². The molecule has 0 aromatic rings. The number of nitrogens with one attached hydrogen (secondary N) is 1. The van der Waals surface area contributed by atoms with Crippen molar-refractivity contribution < 1.29 is 14.8 Å². The molecule has 2 amide bonds. The third-order valence-corrected chi connectivity index (χ3v) is 2.81. The Bertz CT molecular complexity index is 263. The van der Waals surface area contributed by atoms with E-state index in [4.69, 9.17) is 5.21 Å². The molecule has 1 rings (SSSR count). The van der Waals surface area contributed by atoms with Crippen molar-refractivity contribution >= 4 is 11.8 Å². The maximum atomic E-state index is 11.6. The fraction of sp³-hybridized carbons (Fsp3) is 0.778. The van der Waals surface area contributed by atoms with Crippen molar-refractivity contribution in [3.05, 3.63) is 0 Å². The predicted molar refractivity (Wildman–Crippen MR) is 49.5 cm³/mol. The maximum absolute atomic E-state index is 11.6. The van der Waals surface area contributed by atoms with E-state index in [-0.39, 0.29) is 11.8 Å². The molecule has 5 heteroatoms.